The Morgan fingerprint density at radius 2 is 1.31 bits per heavy atom. The van der Waals surface area contributed by atoms with Crippen LogP contribution in [0.4, 0.5) is 17.6 Å². The summed E-state index contributed by atoms with van der Waals surface area (Å²) in [4.78, 5) is 2.46. The third kappa shape index (κ3) is 1.62. The van der Waals surface area contributed by atoms with Gasteiger partial charge in [-0.15, -0.1) is 0 Å². The Kier molecular flexibility index (Phi) is 2.55. The Balaban J connectivity index is 2.74. The van der Waals surface area contributed by atoms with Crippen molar-refractivity contribution in [2.45, 2.75) is 0 Å². The maximum atomic E-state index is 13.3. The molecular weight excluding hydrogens is 224 g/mol. The lowest BCUT2D eigenvalue weighted by atomic mass is 10.3. The van der Waals surface area contributed by atoms with Gasteiger partial charge in [0.25, 0.3) is 29.2 Å². The highest BCUT2D eigenvalue weighted by Crippen LogP contribution is 2.16. The zero-order valence-electron chi connectivity index (χ0n) is 7.79. The van der Waals surface area contributed by atoms with E-state index in [0.29, 0.717) is 0 Å². The van der Waals surface area contributed by atoms with Crippen molar-refractivity contribution in [3.8, 4) is 5.69 Å². The molecule has 0 fully saturated rings. The van der Waals surface area contributed by atoms with Crippen molar-refractivity contribution >= 4 is 0 Å². The number of rotatable bonds is 1. The SMILES string of the molecule is Fc1nc(F)c(F)c(-[n+]2ccccc2)c1F. The first-order chi connectivity index (χ1) is 7.61. The highest BCUT2D eigenvalue weighted by atomic mass is 19.2. The largest absolute Gasteiger partial charge is 0.292 e. The van der Waals surface area contributed by atoms with Crippen LogP contribution in [0.3, 0.4) is 0 Å². The molecule has 0 unspecified atom stereocenters. The molecule has 0 amide bonds. The van der Waals surface area contributed by atoms with Gasteiger partial charge in [0.2, 0.25) is 0 Å². The summed E-state index contributed by atoms with van der Waals surface area (Å²) in [5.74, 6) is -6.42. The fourth-order valence-electron chi connectivity index (χ4n) is 1.25. The Bertz CT molecular complexity index is 502. The molecule has 0 spiro atoms. The molecule has 0 aliphatic rings. The Morgan fingerprint density at radius 3 is 1.81 bits per heavy atom. The van der Waals surface area contributed by atoms with Crippen molar-refractivity contribution in [1.82, 2.24) is 4.98 Å². The molecule has 2 nitrogen and oxygen atoms in total. The second-order valence-electron chi connectivity index (χ2n) is 2.95. The molecular formula is C10H5F4N2+. The maximum Gasteiger partial charge on any atom is 0.292 e. The predicted octanol–water partition coefficient (Wildman–Crippen LogP) is 1.91. The number of hydrogen-bond acceptors (Lipinski definition) is 1. The molecule has 0 aliphatic heterocycles. The standard InChI is InChI=1S/C10H5F4N2/c11-6-8(16-4-2-1-3-5-16)7(12)10(14)15-9(6)13/h1-5H/q+1. The highest BCUT2D eigenvalue weighted by molar-refractivity contribution is 5.24. The van der Waals surface area contributed by atoms with Crippen LogP contribution in [0.15, 0.2) is 30.6 Å². The second kappa shape index (κ2) is 3.88. The lowest BCUT2D eigenvalue weighted by Crippen LogP contribution is -2.33. The van der Waals surface area contributed by atoms with E-state index in [2.05, 4.69) is 4.98 Å². The predicted molar refractivity (Wildman–Crippen MR) is 45.6 cm³/mol. The fourth-order valence-corrected chi connectivity index (χ4v) is 1.25. The summed E-state index contributed by atoms with van der Waals surface area (Å²) in [6.45, 7) is 0. The lowest BCUT2D eigenvalue weighted by molar-refractivity contribution is -0.600. The van der Waals surface area contributed by atoms with Crippen LogP contribution in [0.5, 0.6) is 0 Å². The van der Waals surface area contributed by atoms with Crippen LogP contribution >= 0.6 is 0 Å². The minimum Gasteiger partial charge on any atom is -0.194 e. The molecule has 0 atom stereocenters. The van der Waals surface area contributed by atoms with Gasteiger partial charge in [-0.3, -0.25) is 0 Å². The van der Waals surface area contributed by atoms with Gasteiger partial charge in [-0.25, -0.2) is 0 Å². The molecule has 2 aromatic rings. The summed E-state index contributed by atoms with van der Waals surface area (Å²) in [7, 11) is 0. The van der Waals surface area contributed by atoms with E-state index in [1.165, 1.54) is 24.5 Å². The molecule has 0 bridgehead atoms. The summed E-state index contributed by atoms with van der Waals surface area (Å²) in [6, 6.07) is 4.53. The van der Waals surface area contributed by atoms with Crippen LogP contribution in [0.25, 0.3) is 5.69 Å². The second-order valence-corrected chi connectivity index (χ2v) is 2.95. The minimum atomic E-state index is -1.68. The van der Waals surface area contributed by atoms with Crippen molar-refractivity contribution in [1.29, 1.82) is 0 Å². The van der Waals surface area contributed by atoms with Crippen LogP contribution in [0.1, 0.15) is 0 Å². The molecule has 82 valence electrons. The van der Waals surface area contributed by atoms with E-state index >= 15 is 0 Å². The molecule has 0 aromatic carbocycles. The van der Waals surface area contributed by atoms with Crippen molar-refractivity contribution in [2.24, 2.45) is 0 Å². The average Bonchev–Trinajstić information content (AvgIpc) is 2.28. The van der Waals surface area contributed by atoms with E-state index in [0.717, 1.165) is 4.57 Å². The van der Waals surface area contributed by atoms with Crippen molar-refractivity contribution < 1.29 is 22.1 Å². The Hall–Kier alpha value is -1.98. The van der Waals surface area contributed by atoms with Gasteiger partial charge >= 0.3 is 0 Å². The van der Waals surface area contributed by atoms with Gasteiger partial charge in [0.15, 0.2) is 12.4 Å². The number of hydrogen-bond donors (Lipinski definition) is 0. The number of aromatic nitrogens is 2. The van der Waals surface area contributed by atoms with Gasteiger partial charge < -0.3 is 0 Å². The zero-order chi connectivity index (χ0) is 11.7. The first kappa shape index (κ1) is 10.5. The van der Waals surface area contributed by atoms with Crippen LogP contribution in [0, 0.1) is 23.5 Å². The summed E-state index contributed by atoms with van der Waals surface area (Å²) in [5, 5.41) is 0. The first-order valence-electron chi connectivity index (χ1n) is 4.28. The quantitative estimate of drug-likeness (QED) is 0.414. The molecule has 2 heterocycles. The van der Waals surface area contributed by atoms with Crippen LogP contribution in [-0.4, -0.2) is 4.98 Å². The number of halogens is 4. The van der Waals surface area contributed by atoms with Gasteiger partial charge in [-0.05, 0) is 0 Å². The molecule has 0 N–H and O–H groups in total. The van der Waals surface area contributed by atoms with E-state index in [-0.39, 0.29) is 0 Å². The van der Waals surface area contributed by atoms with E-state index < -0.39 is 29.2 Å². The van der Waals surface area contributed by atoms with Crippen molar-refractivity contribution in [3.63, 3.8) is 0 Å². The molecule has 6 heteroatoms. The van der Waals surface area contributed by atoms with Gasteiger partial charge in [0.05, 0.1) is 0 Å². The van der Waals surface area contributed by atoms with Crippen molar-refractivity contribution in [3.05, 3.63) is 54.1 Å². The summed E-state index contributed by atoms with van der Waals surface area (Å²) in [5.41, 5.74) is -0.828. The van der Waals surface area contributed by atoms with Crippen LogP contribution < -0.4 is 4.57 Å². The van der Waals surface area contributed by atoms with Crippen molar-refractivity contribution in [2.75, 3.05) is 0 Å². The maximum absolute atomic E-state index is 13.3. The third-order valence-electron chi connectivity index (χ3n) is 1.95. The van der Waals surface area contributed by atoms with Gasteiger partial charge in [0, 0.05) is 12.1 Å². The summed E-state index contributed by atoms with van der Waals surface area (Å²) >= 11 is 0. The Morgan fingerprint density at radius 1 is 0.812 bits per heavy atom. The normalized spacial score (nSPS) is 10.5. The topological polar surface area (TPSA) is 16.8 Å². The van der Waals surface area contributed by atoms with E-state index in [1.54, 1.807) is 6.07 Å². The molecule has 0 saturated heterocycles. The molecule has 16 heavy (non-hydrogen) atoms. The fraction of sp³-hybridized carbons (Fsp3) is 0. The van der Waals surface area contributed by atoms with Gasteiger partial charge in [-0.2, -0.15) is 27.1 Å². The third-order valence-corrected chi connectivity index (χ3v) is 1.95. The zero-order valence-corrected chi connectivity index (χ0v) is 7.79. The van der Waals surface area contributed by atoms with E-state index in [4.69, 9.17) is 0 Å². The van der Waals surface area contributed by atoms with Crippen LogP contribution in [0.2, 0.25) is 0 Å². The minimum absolute atomic E-state index is 0.828. The molecule has 0 radical (unpaired) electrons. The number of nitrogens with zero attached hydrogens (tertiary/aromatic N) is 2. The summed E-state index contributed by atoms with van der Waals surface area (Å²) in [6.07, 6.45) is 2.53. The Labute approximate surface area is 87.8 Å². The number of pyridine rings is 2. The van der Waals surface area contributed by atoms with Gasteiger partial charge in [-0.1, -0.05) is 6.07 Å². The monoisotopic (exact) mass is 229 g/mol. The lowest BCUT2D eigenvalue weighted by Gasteiger charge is -2.00. The summed E-state index contributed by atoms with van der Waals surface area (Å²) < 4.78 is 53.1. The molecule has 2 rings (SSSR count). The first-order valence-corrected chi connectivity index (χ1v) is 4.28. The average molecular weight is 229 g/mol. The van der Waals surface area contributed by atoms with Crippen LogP contribution in [-0.2, 0) is 0 Å². The van der Waals surface area contributed by atoms with E-state index in [1.807, 2.05) is 0 Å². The highest BCUT2D eigenvalue weighted by Gasteiger charge is 2.27. The molecule has 0 aliphatic carbocycles. The molecule has 2 aromatic heterocycles. The molecule has 0 saturated carbocycles. The van der Waals surface area contributed by atoms with Gasteiger partial charge in [0.1, 0.15) is 0 Å². The van der Waals surface area contributed by atoms with E-state index in [9.17, 15) is 17.6 Å². The smallest absolute Gasteiger partial charge is 0.194 e.